The average Bonchev–Trinajstić information content (AvgIpc) is 3.37. The first-order valence-corrected chi connectivity index (χ1v) is 12.7. The third-order valence-electron chi connectivity index (χ3n) is 6.63. The second kappa shape index (κ2) is 9.54. The third-order valence-corrected chi connectivity index (χ3v) is 6.63. The van der Waals surface area contributed by atoms with Gasteiger partial charge in [-0.15, -0.1) is 0 Å². The van der Waals surface area contributed by atoms with Crippen molar-refractivity contribution in [2.45, 2.75) is 6.92 Å². The number of para-hydroxylation sites is 2. The molecule has 5 heteroatoms. The molecule has 0 fully saturated rings. The van der Waals surface area contributed by atoms with Crippen molar-refractivity contribution in [2.75, 3.05) is 4.90 Å². The molecule has 39 heavy (non-hydrogen) atoms. The SMILES string of the molecule is [2H]c1cccc([2H])c1N(c1cccc(-c2ccccc2)n1)c1cccc(-c2cccc3c2oc2nc(C)ccc23)n1. The lowest BCUT2D eigenvalue weighted by Crippen LogP contribution is -2.13. The van der Waals surface area contributed by atoms with Crippen molar-refractivity contribution in [3.8, 4) is 22.5 Å². The van der Waals surface area contributed by atoms with Crippen molar-refractivity contribution in [3.63, 3.8) is 0 Å². The van der Waals surface area contributed by atoms with Crippen LogP contribution in [-0.2, 0) is 0 Å². The zero-order valence-corrected chi connectivity index (χ0v) is 21.2. The lowest BCUT2D eigenvalue weighted by Gasteiger charge is -2.24. The molecule has 0 radical (unpaired) electrons. The highest BCUT2D eigenvalue weighted by Crippen LogP contribution is 2.37. The van der Waals surface area contributed by atoms with Gasteiger partial charge in [0.1, 0.15) is 17.2 Å². The second-order valence-electron chi connectivity index (χ2n) is 9.22. The molecule has 0 aliphatic carbocycles. The van der Waals surface area contributed by atoms with Crippen molar-refractivity contribution in [1.82, 2.24) is 15.0 Å². The molecule has 0 aliphatic heterocycles. The minimum atomic E-state index is 0.206. The highest BCUT2D eigenvalue weighted by Gasteiger charge is 2.18. The molecular formula is C34H24N4O. The fraction of sp³-hybridized carbons (Fsp3) is 0.0294. The van der Waals surface area contributed by atoms with E-state index in [-0.39, 0.29) is 12.1 Å². The number of anilines is 3. The topological polar surface area (TPSA) is 55.1 Å². The van der Waals surface area contributed by atoms with E-state index in [0.29, 0.717) is 34.3 Å². The van der Waals surface area contributed by atoms with Crippen LogP contribution in [0, 0.1) is 6.92 Å². The Morgan fingerprint density at radius 2 is 1.31 bits per heavy atom. The fourth-order valence-electron chi connectivity index (χ4n) is 4.81. The van der Waals surface area contributed by atoms with Gasteiger partial charge in [-0.1, -0.05) is 72.8 Å². The molecular weight excluding hydrogens is 480 g/mol. The molecule has 5 nitrogen and oxygen atoms in total. The number of hydrogen-bond donors (Lipinski definition) is 0. The Labute approximate surface area is 228 Å². The summed E-state index contributed by atoms with van der Waals surface area (Å²) in [6.45, 7) is 1.94. The smallest absolute Gasteiger partial charge is 0.227 e. The Morgan fingerprint density at radius 1 is 0.615 bits per heavy atom. The molecule has 7 aromatic rings. The Balaban J connectivity index is 1.42. The summed E-state index contributed by atoms with van der Waals surface area (Å²) in [5, 5.41) is 1.92. The molecule has 0 aliphatic rings. The molecule has 186 valence electrons. The van der Waals surface area contributed by atoms with Gasteiger partial charge in [0.05, 0.1) is 14.1 Å². The lowest BCUT2D eigenvalue weighted by atomic mass is 10.1. The van der Waals surface area contributed by atoms with Gasteiger partial charge in [0.25, 0.3) is 0 Å². The van der Waals surface area contributed by atoms with Crippen molar-refractivity contribution < 1.29 is 7.16 Å². The summed E-state index contributed by atoms with van der Waals surface area (Å²) in [4.78, 5) is 16.4. The largest absolute Gasteiger partial charge is 0.437 e. The van der Waals surface area contributed by atoms with Gasteiger partial charge >= 0.3 is 0 Å². The van der Waals surface area contributed by atoms with Crippen LogP contribution in [0.25, 0.3) is 44.6 Å². The van der Waals surface area contributed by atoms with Gasteiger partial charge in [-0.2, -0.15) is 0 Å². The maximum absolute atomic E-state index is 8.72. The summed E-state index contributed by atoms with van der Waals surface area (Å²) < 4.78 is 23.7. The Kier molecular flexibility index (Phi) is 5.07. The van der Waals surface area contributed by atoms with Crippen molar-refractivity contribution >= 4 is 39.4 Å². The summed E-state index contributed by atoms with van der Waals surface area (Å²) >= 11 is 0. The van der Waals surface area contributed by atoms with Crippen LogP contribution in [0.5, 0.6) is 0 Å². The number of hydrogen-bond acceptors (Lipinski definition) is 5. The third kappa shape index (κ3) is 4.20. The van der Waals surface area contributed by atoms with Crippen molar-refractivity contribution in [3.05, 3.63) is 133 Å². The van der Waals surface area contributed by atoms with E-state index in [1.54, 1.807) is 23.1 Å². The number of aromatic nitrogens is 3. The zero-order valence-electron chi connectivity index (χ0n) is 23.2. The van der Waals surface area contributed by atoms with Crippen LogP contribution in [0.3, 0.4) is 0 Å². The van der Waals surface area contributed by atoms with E-state index in [4.69, 9.17) is 17.1 Å². The molecule has 0 atom stereocenters. The molecule has 4 aromatic heterocycles. The minimum Gasteiger partial charge on any atom is -0.437 e. The molecule has 3 aromatic carbocycles. The molecule has 4 heterocycles. The number of rotatable bonds is 5. The minimum absolute atomic E-state index is 0.206. The van der Waals surface area contributed by atoms with Gasteiger partial charge in [-0.25, -0.2) is 15.0 Å². The van der Waals surface area contributed by atoms with E-state index >= 15 is 0 Å². The molecule has 0 saturated heterocycles. The predicted octanol–water partition coefficient (Wildman–Crippen LogP) is 8.88. The van der Waals surface area contributed by atoms with Crippen LogP contribution >= 0.6 is 0 Å². The predicted molar refractivity (Wildman–Crippen MR) is 157 cm³/mol. The first kappa shape index (κ1) is 20.7. The van der Waals surface area contributed by atoms with Gasteiger partial charge in [0.2, 0.25) is 5.71 Å². The summed E-state index contributed by atoms with van der Waals surface area (Å²) in [6, 6.07) is 36.9. The number of nitrogens with zero attached hydrogens (tertiary/aromatic N) is 4. The number of pyridine rings is 3. The van der Waals surface area contributed by atoms with Crippen LogP contribution < -0.4 is 4.90 Å². The van der Waals surface area contributed by atoms with Crippen molar-refractivity contribution in [2.24, 2.45) is 0 Å². The standard InChI is InChI=1S/C34H24N4O/c1-23-21-22-27-26-15-8-16-28(33(26)39-34(27)35-23)30-18-10-20-32(37-30)38(25-13-6-3-7-14-25)31-19-9-17-29(36-31)24-11-4-2-5-12-24/h2-22H,1H3/i13D,14D. The van der Waals surface area contributed by atoms with Gasteiger partial charge in [0, 0.05) is 33.3 Å². The molecule has 0 N–H and O–H groups in total. The van der Waals surface area contributed by atoms with E-state index in [0.717, 1.165) is 33.3 Å². The second-order valence-corrected chi connectivity index (χ2v) is 9.22. The van der Waals surface area contributed by atoms with Crippen LogP contribution in [-0.4, -0.2) is 15.0 Å². The summed E-state index contributed by atoms with van der Waals surface area (Å²) in [5.74, 6) is 1.10. The molecule has 0 unspecified atom stereocenters. The highest BCUT2D eigenvalue weighted by atomic mass is 16.3. The molecule has 0 spiro atoms. The van der Waals surface area contributed by atoms with Crippen LogP contribution in [0.15, 0.2) is 132 Å². The zero-order chi connectivity index (χ0) is 27.9. The number of benzene rings is 3. The fourth-order valence-corrected chi connectivity index (χ4v) is 4.81. The van der Waals surface area contributed by atoms with E-state index in [9.17, 15) is 0 Å². The molecule has 0 saturated carbocycles. The van der Waals surface area contributed by atoms with Gasteiger partial charge < -0.3 is 4.42 Å². The van der Waals surface area contributed by atoms with E-state index in [1.165, 1.54) is 0 Å². The monoisotopic (exact) mass is 506 g/mol. The maximum atomic E-state index is 8.72. The first-order valence-electron chi connectivity index (χ1n) is 13.7. The van der Waals surface area contributed by atoms with Gasteiger partial charge in [0.15, 0.2) is 0 Å². The van der Waals surface area contributed by atoms with Crippen LogP contribution in [0.2, 0.25) is 0 Å². The van der Waals surface area contributed by atoms with Crippen LogP contribution in [0.1, 0.15) is 8.44 Å². The molecule has 0 bridgehead atoms. The Bertz CT molecular complexity index is 2040. The van der Waals surface area contributed by atoms with E-state index < -0.39 is 0 Å². The summed E-state index contributed by atoms with van der Waals surface area (Å²) in [6.07, 6.45) is 0. The summed E-state index contributed by atoms with van der Waals surface area (Å²) in [7, 11) is 0. The average molecular weight is 507 g/mol. The number of furan rings is 1. The normalized spacial score (nSPS) is 11.9. The Hall–Kier alpha value is -5.29. The van der Waals surface area contributed by atoms with Gasteiger partial charge in [-0.3, -0.25) is 4.90 Å². The van der Waals surface area contributed by atoms with E-state index in [1.807, 2.05) is 104 Å². The quantitative estimate of drug-likeness (QED) is 0.233. The Morgan fingerprint density at radius 3 is 2.10 bits per heavy atom. The number of fused-ring (bicyclic) bond motifs is 3. The van der Waals surface area contributed by atoms with Gasteiger partial charge in [-0.05, 0) is 61.5 Å². The molecule has 0 amide bonds. The van der Waals surface area contributed by atoms with Crippen LogP contribution in [0.4, 0.5) is 17.3 Å². The van der Waals surface area contributed by atoms with Crippen molar-refractivity contribution in [1.29, 1.82) is 0 Å². The maximum Gasteiger partial charge on any atom is 0.227 e. The highest BCUT2D eigenvalue weighted by molar-refractivity contribution is 6.08. The molecule has 7 rings (SSSR count). The number of aryl methyl sites for hydroxylation is 1. The summed E-state index contributed by atoms with van der Waals surface area (Å²) in [5.41, 5.74) is 5.88. The van der Waals surface area contributed by atoms with E-state index in [2.05, 4.69) is 4.98 Å². The lowest BCUT2D eigenvalue weighted by molar-refractivity contribution is 0.653. The first-order chi connectivity index (χ1) is 20.1.